The third kappa shape index (κ3) is 6.23. The van der Waals surface area contributed by atoms with Crippen LogP contribution in [0.15, 0.2) is 95.9 Å². The fourth-order valence-corrected chi connectivity index (χ4v) is 6.53. The minimum Gasteiger partial charge on any atom is -0.492 e. The number of carbonyl (C=O) groups excluding carboxylic acids is 1. The molecule has 1 aliphatic rings. The molecule has 228 valence electrons. The molecule has 4 aromatic rings. The van der Waals surface area contributed by atoms with Crippen LogP contribution < -0.4 is 14.4 Å². The number of fused-ring (bicyclic) bond motifs is 1. The maximum absolute atomic E-state index is 13.9. The van der Waals surface area contributed by atoms with E-state index >= 15 is 0 Å². The molecule has 0 spiro atoms. The normalized spacial score (nSPS) is 14.6. The Morgan fingerprint density at radius 2 is 1.66 bits per heavy atom. The Labute approximate surface area is 249 Å². The van der Waals surface area contributed by atoms with Crippen LogP contribution in [0.25, 0.3) is 11.1 Å². The number of amides is 1. The highest BCUT2D eigenvalue weighted by molar-refractivity contribution is 7.93. The molecule has 8 nitrogen and oxygen atoms in total. The number of hydrogen-bond acceptors (Lipinski definition) is 5. The Kier molecular flexibility index (Phi) is 8.33. The monoisotopic (exact) mass is 628 g/mol. The Hall–Kier alpha value is -4.91. The minimum absolute atomic E-state index is 0.0489. The van der Waals surface area contributed by atoms with Gasteiger partial charge in [-0.1, -0.05) is 42.5 Å². The molecular weight excluding hydrogens is 604 g/mol. The molecule has 0 fully saturated rings. The number of halogens is 4. The second kappa shape index (κ2) is 12.0. The Morgan fingerprint density at radius 3 is 2.34 bits per heavy atom. The minimum atomic E-state index is -4.53. The highest BCUT2D eigenvalue weighted by Crippen LogP contribution is 2.38. The second-order valence-corrected chi connectivity index (χ2v) is 11.7. The van der Waals surface area contributed by atoms with Gasteiger partial charge in [0.25, 0.3) is 10.0 Å². The summed E-state index contributed by atoms with van der Waals surface area (Å²) in [6, 6.07) is 18.8. The van der Waals surface area contributed by atoms with Crippen LogP contribution >= 0.6 is 0 Å². The molecule has 1 aliphatic heterocycles. The zero-order valence-electron chi connectivity index (χ0n) is 22.7. The number of nitrogens with one attached hydrogen (secondary N) is 1. The van der Waals surface area contributed by atoms with Crippen LogP contribution in [-0.2, 0) is 27.4 Å². The first kappa shape index (κ1) is 30.5. The number of nitrogens with zero attached hydrogens (tertiary/aromatic N) is 1. The maximum Gasteiger partial charge on any atom is 0.416 e. The largest absolute Gasteiger partial charge is 0.492 e. The number of carbonyl (C=O) groups is 2. The summed E-state index contributed by atoms with van der Waals surface area (Å²) in [5.74, 6) is -2.97. The van der Waals surface area contributed by atoms with Gasteiger partial charge in [0.15, 0.2) is 0 Å². The van der Waals surface area contributed by atoms with Crippen molar-refractivity contribution in [2.75, 3.05) is 17.5 Å². The van der Waals surface area contributed by atoms with Gasteiger partial charge in [-0.05, 0) is 59.2 Å². The van der Waals surface area contributed by atoms with Gasteiger partial charge < -0.3 is 15.2 Å². The lowest BCUT2D eigenvalue weighted by Crippen LogP contribution is -2.48. The van der Waals surface area contributed by atoms with Crippen molar-refractivity contribution in [3.63, 3.8) is 0 Å². The number of hydrogen-bond donors (Lipinski definition) is 2. The molecule has 13 heteroatoms. The lowest BCUT2D eigenvalue weighted by molar-refractivity contribution is -0.137. The molecule has 4 aromatic carbocycles. The van der Waals surface area contributed by atoms with E-state index in [-0.39, 0.29) is 35.8 Å². The molecule has 2 N–H and O–H groups in total. The van der Waals surface area contributed by atoms with Crippen molar-refractivity contribution in [1.29, 1.82) is 0 Å². The van der Waals surface area contributed by atoms with Crippen molar-refractivity contribution in [1.82, 2.24) is 5.32 Å². The van der Waals surface area contributed by atoms with Crippen LogP contribution in [0.2, 0.25) is 0 Å². The summed E-state index contributed by atoms with van der Waals surface area (Å²) in [5, 5.41) is 11.6. The molecular formula is C31H24F4N2O6S. The van der Waals surface area contributed by atoms with Gasteiger partial charge in [-0.2, -0.15) is 13.2 Å². The fraction of sp³-hybridized carbons (Fsp3) is 0.161. The van der Waals surface area contributed by atoms with Crippen LogP contribution in [0.5, 0.6) is 5.75 Å². The standard InChI is InChI=1S/C31H24F4N2O6S/c32-26-18-23(10-13-25(26)30(39)40)43-15-14-36-29(38)28-17-21-4-1-2-7-27(21)37(28)44(41,42)24-11-8-19(9-12-24)20-5-3-6-22(16-20)31(33,34)35/h1-13,16,18,28H,14-15,17H2,(H,36,38)(H,39,40)/t28-/m0/s1. The Balaban J connectivity index is 1.32. The number of carboxylic acids is 1. The van der Waals surface area contributed by atoms with Gasteiger partial charge in [0.05, 0.1) is 28.3 Å². The second-order valence-electron chi connectivity index (χ2n) is 9.84. The molecule has 5 rings (SSSR count). The van der Waals surface area contributed by atoms with Crippen molar-refractivity contribution in [2.45, 2.75) is 23.5 Å². The summed E-state index contributed by atoms with van der Waals surface area (Å²) in [7, 11) is -4.29. The van der Waals surface area contributed by atoms with E-state index in [4.69, 9.17) is 9.84 Å². The number of carboxylic acid groups (broad SMARTS) is 1. The molecule has 0 saturated carbocycles. The molecule has 1 atom stereocenters. The van der Waals surface area contributed by atoms with E-state index in [0.717, 1.165) is 28.6 Å². The topological polar surface area (TPSA) is 113 Å². The third-order valence-electron chi connectivity index (χ3n) is 7.00. The van der Waals surface area contributed by atoms with E-state index in [1.807, 2.05) is 0 Å². The number of benzene rings is 4. The lowest BCUT2D eigenvalue weighted by Gasteiger charge is -2.26. The quantitative estimate of drug-likeness (QED) is 0.186. The summed E-state index contributed by atoms with van der Waals surface area (Å²) in [5.41, 5.74) is 0.238. The van der Waals surface area contributed by atoms with E-state index < -0.39 is 51.1 Å². The summed E-state index contributed by atoms with van der Waals surface area (Å²) in [4.78, 5) is 24.1. The predicted molar refractivity (Wildman–Crippen MR) is 152 cm³/mol. The summed E-state index contributed by atoms with van der Waals surface area (Å²) < 4.78 is 87.6. The Morgan fingerprint density at radius 1 is 0.932 bits per heavy atom. The van der Waals surface area contributed by atoms with Crippen LogP contribution in [0.3, 0.4) is 0 Å². The molecule has 0 aliphatic carbocycles. The smallest absolute Gasteiger partial charge is 0.416 e. The van der Waals surface area contributed by atoms with Gasteiger partial charge in [0.1, 0.15) is 24.2 Å². The molecule has 1 heterocycles. The number of sulfonamides is 1. The van der Waals surface area contributed by atoms with Gasteiger partial charge >= 0.3 is 12.1 Å². The van der Waals surface area contributed by atoms with Gasteiger partial charge in [0, 0.05) is 12.5 Å². The molecule has 1 amide bonds. The number of rotatable bonds is 9. The lowest BCUT2D eigenvalue weighted by atomic mass is 10.0. The summed E-state index contributed by atoms with van der Waals surface area (Å²) in [6.45, 7) is -0.172. The SMILES string of the molecule is O=C(O)c1ccc(OCCNC(=O)[C@@H]2Cc3ccccc3N2S(=O)(=O)c2ccc(-c3cccc(C(F)(F)F)c3)cc2)cc1F. The first-order valence-corrected chi connectivity index (χ1v) is 14.6. The number of aromatic carboxylic acids is 1. The average molecular weight is 629 g/mol. The fourth-order valence-electron chi connectivity index (χ4n) is 4.88. The van der Waals surface area contributed by atoms with E-state index in [9.17, 15) is 35.6 Å². The molecule has 0 radical (unpaired) electrons. The zero-order valence-corrected chi connectivity index (χ0v) is 23.5. The van der Waals surface area contributed by atoms with Crippen molar-refractivity contribution in [3.8, 4) is 16.9 Å². The highest BCUT2D eigenvalue weighted by Gasteiger charge is 2.42. The van der Waals surface area contributed by atoms with Gasteiger partial charge in [-0.3, -0.25) is 9.10 Å². The predicted octanol–water partition coefficient (Wildman–Crippen LogP) is 5.52. The van der Waals surface area contributed by atoms with E-state index in [2.05, 4.69) is 5.32 Å². The summed E-state index contributed by atoms with van der Waals surface area (Å²) in [6.07, 6.45) is -4.44. The molecule has 0 aromatic heterocycles. The number of alkyl halides is 3. The molecule has 0 unspecified atom stereocenters. The van der Waals surface area contributed by atoms with Gasteiger partial charge in [-0.25, -0.2) is 17.6 Å². The zero-order chi connectivity index (χ0) is 31.6. The third-order valence-corrected chi connectivity index (χ3v) is 8.84. The molecule has 0 saturated heterocycles. The number of ether oxygens (including phenoxy) is 1. The van der Waals surface area contributed by atoms with Crippen LogP contribution in [0, 0.1) is 5.82 Å². The van der Waals surface area contributed by atoms with E-state index in [0.29, 0.717) is 16.8 Å². The Bertz CT molecular complexity index is 1830. The molecule has 0 bridgehead atoms. The average Bonchev–Trinajstić information content (AvgIpc) is 3.40. The van der Waals surface area contributed by atoms with Crippen LogP contribution in [0.1, 0.15) is 21.5 Å². The first-order chi connectivity index (χ1) is 20.9. The van der Waals surface area contributed by atoms with Crippen LogP contribution in [-0.4, -0.2) is 44.6 Å². The van der Waals surface area contributed by atoms with Crippen molar-refractivity contribution < 1.29 is 45.4 Å². The van der Waals surface area contributed by atoms with Gasteiger partial charge in [-0.15, -0.1) is 0 Å². The number of para-hydroxylation sites is 1. The summed E-state index contributed by atoms with van der Waals surface area (Å²) >= 11 is 0. The van der Waals surface area contributed by atoms with Gasteiger partial charge in [0.2, 0.25) is 5.91 Å². The first-order valence-electron chi connectivity index (χ1n) is 13.2. The van der Waals surface area contributed by atoms with E-state index in [1.165, 1.54) is 42.5 Å². The van der Waals surface area contributed by atoms with Crippen molar-refractivity contribution >= 4 is 27.6 Å². The highest BCUT2D eigenvalue weighted by atomic mass is 32.2. The van der Waals surface area contributed by atoms with E-state index in [1.54, 1.807) is 24.3 Å². The van der Waals surface area contributed by atoms with Crippen molar-refractivity contribution in [2.24, 2.45) is 0 Å². The van der Waals surface area contributed by atoms with Crippen LogP contribution in [0.4, 0.5) is 23.2 Å². The number of anilines is 1. The maximum atomic E-state index is 13.9. The van der Waals surface area contributed by atoms with Crippen molar-refractivity contribution in [3.05, 3.63) is 114 Å². The molecule has 44 heavy (non-hydrogen) atoms.